The molecular weight excluding hydrogens is 434 g/mol. The van der Waals surface area contributed by atoms with Gasteiger partial charge in [-0.1, -0.05) is 30.3 Å². The number of rotatable bonds is 5. The van der Waals surface area contributed by atoms with E-state index in [9.17, 15) is 19.2 Å². The normalized spacial score (nSPS) is 16.0. The summed E-state index contributed by atoms with van der Waals surface area (Å²) < 4.78 is 4.67. The van der Waals surface area contributed by atoms with Crippen molar-refractivity contribution >= 4 is 35.1 Å². The molecule has 1 atom stereocenters. The average molecular weight is 455 g/mol. The van der Waals surface area contributed by atoms with E-state index in [2.05, 4.69) is 10.1 Å². The van der Waals surface area contributed by atoms with Crippen LogP contribution in [0.1, 0.15) is 49.2 Å². The quantitative estimate of drug-likeness (QED) is 0.593. The number of fused-ring (bicyclic) bond motifs is 5. The van der Waals surface area contributed by atoms with E-state index < -0.39 is 12.1 Å². The van der Waals surface area contributed by atoms with Crippen molar-refractivity contribution in [1.29, 1.82) is 0 Å². The molecule has 0 fully saturated rings. The zero-order valence-corrected chi connectivity index (χ0v) is 18.4. The second kappa shape index (κ2) is 8.47. The molecule has 2 heterocycles. The van der Waals surface area contributed by atoms with Gasteiger partial charge in [-0.2, -0.15) is 0 Å². The molecule has 34 heavy (non-hydrogen) atoms. The Labute approximate surface area is 195 Å². The third kappa shape index (κ3) is 3.49. The molecule has 0 saturated carbocycles. The minimum atomic E-state index is -0.599. The third-order valence-electron chi connectivity index (χ3n) is 6.05. The Kier molecular flexibility index (Phi) is 5.33. The van der Waals surface area contributed by atoms with Crippen LogP contribution in [-0.2, 0) is 9.53 Å². The van der Waals surface area contributed by atoms with Crippen molar-refractivity contribution in [3.8, 4) is 0 Å². The number of anilines is 2. The second-order valence-corrected chi connectivity index (χ2v) is 8.02. The summed E-state index contributed by atoms with van der Waals surface area (Å²) in [6, 6.07) is 20.6. The number of nitrogens with one attached hydrogen (secondary N) is 1. The third-order valence-corrected chi connectivity index (χ3v) is 6.05. The van der Waals surface area contributed by atoms with Crippen molar-refractivity contribution in [2.45, 2.75) is 12.6 Å². The van der Waals surface area contributed by atoms with E-state index in [-0.39, 0.29) is 30.7 Å². The summed E-state index contributed by atoms with van der Waals surface area (Å²) in [6.45, 7) is 0.127. The minimum absolute atomic E-state index is 0.0351. The predicted molar refractivity (Wildman–Crippen MR) is 124 cm³/mol. The van der Waals surface area contributed by atoms with Crippen molar-refractivity contribution in [2.24, 2.45) is 0 Å². The zero-order valence-electron chi connectivity index (χ0n) is 18.4. The van der Waals surface area contributed by atoms with E-state index >= 15 is 0 Å². The first-order valence-electron chi connectivity index (χ1n) is 10.8. The van der Waals surface area contributed by atoms with E-state index in [1.54, 1.807) is 70.5 Å². The molecule has 5 rings (SSSR count). The Morgan fingerprint density at radius 2 is 1.56 bits per heavy atom. The van der Waals surface area contributed by atoms with Crippen molar-refractivity contribution in [1.82, 2.24) is 4.90 Å². The topological polar surface area (TPSA) is 96.0 Å². The lowest BCUT2D eigenvalue weighted by Crippen LogP contribution is -2.48. The summed E-state index contributed by atoms with van der Waals surface area (Å²) in [7, 11) is 1.30. The highest BCUT2D eigenvalue weighted by atomic mass is 16.5. The second-order valence-electron chi connectivity index (χ2n) is 8.02. The van der Waals surface area contributed by atoms with Gasteiger partial charge < -0.3 is 15.0 Å². The molecule has 0 saturated heterocycles. The van der Waals surface area contributed by atoms with Gasteiger partial charge >= 0.3 is 5.97 Å². The number of para-hydroxylation sites is 1. The number of amides is 3. The number of hydrogen-bond donors (Lipinski definition) is 1. The summed E-state index contributed by atoms with van der Waals surface area (Å²) in [4.78, 5) is 54.0. The number of esters is 1. The number of methoxy groups -OCH3 is 1. The molecule has 0 radical (unpaired) electrons. The van der Waals surface area contributed by atoms with E-state index in [1.807, 2.05) is 12.1 Å². The lowest BCUT2D eigenvalue weighted by molar-refractivity contribution is -0.116. The highest BCUT2D eigenvalue weighted by Gasteiger charge is 2.47. The van der Waals surface area contributed by atoms with Gasteiger partial charge in [0.15, 0.2) is 0 Å². The van der Waals surface area contributed by atoms with Crippen LogP contribution in [0.2, 0.25) is 0 Å². The van der Waals surface area contributed by atoms with Gasteiger partial charge in [0.25, 0.3) is 11.8 Å². The maximum Gasteiger partial charge on any atom is 0.337 e. The van der Waals surface area contributed by atoms with Gasteiger partial charge in [0.05, 0.1) is 23.9 Å². The first-order valence-corrected chi connectivity index (χ1v) is 10.8. The molecule has 0 spiro atoms. The summed E-state index contributed by atoms with van der Waals surface area (Å²) in [6.07, 6.45) is -0.564. The molecule has 2 aliphatic rings. The van der Waals surface area contributed by atoms with Crippen LogP contribution in [0.3, 0.4) is 0 Å². The molecule has 8 nitrogen and oxygen atoms in total. The minimum Gasteiger partial charge on any atom is -0.465 e. The van der Waals surface area contributed by atoms with Gasteiger partial charge in [0.1, 0.15) is 6.17 Å². The van der Waals surface area contributed by atoms with E-state index in [0.29, 0.717) is 28.1 Å². The predicted octanol–water partition coefficient (Wildman–Crippen LogP) is 3.62. The van der Waals surface area contributed by atoms with Gasteiger partial charge in [0, 0.05) is 29.8 Å². The van der Waals surface area contributed by atoms with Gasteiger partial charge in [-0.25, -0.2) is 4.79 Å². The Hall–Kier alpha value is -4.46. The largest absolute Gasteiger partial charge is 0.465 e. The lowest BCUT2D eigenvalue weighted by atomic mass is 10.0. The number of nitrogens with zero attached hydrogens (tertiary/aromatic N) is 2. The van der Waals surface area contributed by atoms with E-state index in [4.69, 9.17) is 0 Å². The number of hydrogen-bond acceptors (Lipinski definition) is 5. The Morgan fingerprint density at radius 3 is 2.29 bits per heavy atom. The highest BCUT2D eigenvalue weighted by molar-refractivity contribution is 6.16. The van der Waals surface area contributed by atoms with Crippen LogP contribution in [0.5, 0.6) is 0 Å². The first-order chi connectivity index (χ1) is 16.5. The molecular formula is C26H21N3O5. The van der Waals surface area contributed by atoms with E-state index in [1.165, 1.54) is 7.11 Å². The molecule has 0 aliphatic carbocycles. The number of ether oxygens (including phenoxy) is 1. The Morgan fingerprint density at radius 1 is 0.882 bits per heavy atom. The Balaban J connectivity index is 1.37. The van der Waals surface area contributed by atoms with Gasteiger partial charge in [0.2, 0.25) is 5.91 Å². The fourth-order valence-corrected chi connectivity index (χ4v) is 4.45. The number of carbonyl (C=O) groups is 4. The molecule has 8 heteroatoms. The molecule has 0 bridgehead atoms. The van der Waals surface area contributed by atoms with Crippen LogP contribution in [0, 0.1) is 0 Å². The molecule has 0 aromatic heterocycles. The maximum absolute atomic E-state index is 13.4. The Bertz CT molecular complexity index is 1320. The van der Waals surface area contributed by atoms with Crippen molar-refractivity contribution in [3.63, 3.8) is 0 Å². The van der Waals surface area contributed by atoms with Crippen LogP contribution in [0.4, 0.5) is 11.4 Å². The standard InChI is InChI=1S/C26H21N3O5/c1-34-26(33)16-10-12-17(13-11-16)27-22(30)14-15-28-23-18-6-2-3-7-19(18)25(32)29(23)21-9-5-4-8-20(21)24(28)31/h2-13,23H,14-15H2,1H3,(H,27,30)/t23-/m1/s1. The van der Waals surface area contributed by atoms with Crippen LogP contribution in [0.15, 0.2) is 72.8 Å². The number of carbonyl (C=O) groups excluding carboxylic acids is 4. The summed E-state index contributed by atoms with van der Waals surface area (Å²) in [5, 5.41) is 2.78. The van der Waals surface area contributed by atoms with E-state index in [0.717, 1.165) is 5.56 Å². The van der Waals surface area contributed by atoms with Gasteiger partial charge in [-0.3, -0.25) is 19.3 Å². The summed E-state index contributed by atoms with van der Waals surface area (Å²) in [5.74, 6) is -1.14. The van der Waals surface area contributed by atoms with Crippen molar-refractivity contribution in [3.05, 3.63) is 95.1 Å². The monoisotopic (exact) mass is 455 g/mol. The molecule has 0 unspecified atom stereocenters. The molecule has 170 valence electrons. The zero-order chi connectivity index (χ0) is 23.8. The lowest BCUT2D eigenvalue weighted by Gasteiger charge is -2.40. The van der Waals surface area contributed by atoms with Crippen LogP contribution < -0.4 is 10.2 Å². The SMILES string of the molecule is COC(=O)c1ccc(NC(=O)CCN2C(=O)c3ccccc3N3C(=O)c4ccccc4[C@H]23)cc1. The molecule has 2 aliphatic heterocycles. The van der Waals surface area contributed by atoms with Crippen LogP contribution in [-0.4, -0.2) is 42.2 Å². The average Bonchev–Trinajstić information content (AvgIpc) is 3.16. The van der Waals surface area contributed by atoms with Crippen molar-refractivity contribution < 1.29 is 23.9 Å². The molecule has 1 N–H and O–H groups in total. The van der Waals surface area contributed by atoms with Gasteiger partial charge in [-0.15, -0.1) is 0 Å². The number of benzene rings is 3. The summed E-state index contributed by atoms with van der Waals surface area (Å²) >= 11 is 0. The van der Waals surface area contributed by atoms with Crippen LogP contribution >= 0.6 is 0 Å². The van der Waals surface area contributed by atoms with Crippen molar-refractivity contribution in [2.75, 3.05) is 23.9 Å². The molecule has 3 amide bonds. The van der Waals surface area contributed by atoms with Crippen LogP contribution in [0.25, 0.3) is 0 Å². The van der Waals surface area contributed by atoms with Gasteiger partial charge in [-0.05, 0) is 42.5 Å². The molecule has 3 aromatic carbocycles. The smallest absolute Gasteiger partial charge is 0.337 e. The maximum atomic E-state index is 13.4. The highest BCUT2D eigenvalue weighted by Crippen LogP contribution is 2.45. The summed E-state index contributed by atoms with van der Waals surface area (Å²) in [5.41, 5.74) is 3.20. The fraction of sp³-hybridized carbons (Fsp3) is 0.154. The first kappa shape index (κ1) is 21.4. The fourth-order valence-electron chi connectivity index (χ4n) is 4.45. The molecule has 3 aromatic rings.